The van der Waals surface area contributed by atoms with E-state index in [0.717, 1.165) is 16.5 Å². The molecule has 0 amide bonds. The zero-order chi connectivity index (χ0) is 8.81. The van der Waals surface area contributed by atoms with Crippen molar-refractivity contribution >= 4 is 10.2 Å². The summed E-state index contributed by atoms with van der Waals surface area (Å²) in [6, 6.07) is 0. The molecule has 0 aliphatic heterocycles. The standard InChI is InChI=1S/C9H20O2Si/c10-9(6-11-7-12)8-4-2-1-3-5-8/h8-10H,1-7H2,12H3. The van der Waals surface area contributed by atoms with Gasteiger partial charge in [-0.15, -0.1) is 0 Å². The molecule has 0 aromatic carbocycles. The molecule has 0 radical (unpaired) electrons. The summed E-state index contributed by atoms with van der Waals surface area (Å²) in [5.74, 6) is 0.520. The van der Waals surface area contributed by atoms with Crippen molar-refractivity contribution in [1.82, 2.24) is 0 Å². The van der Waals surface area contributed by atoms with Gasteiger partial charge in [-0.3, -0.25) is 0 Å². The third-order valence-corrected chi connectivity index (χ3v) is 3.09. The Bertz CT molecular complexity index is 113. The molecule has 72 valence electrons. The molecule has 3 heteroatoms. The fourth-order valence-corrected chi connectivity index (χ4v) is 2.13. The van der Waals surface area contributed by atoms with Crippen molar-refractivity contribution in [1.29, 1.82) is 0 Å². The van der Waals surface area contributed by atoms with Gasteiger partial charge < -0.3 is 9.84 Å². The van der Waals surface area contributed by atoms with Crippen LogP contribution in [0.2, 0.25) is 0 Å². The quantitative estimate of drug-likeness (QED) is 0.642. The molecule has 0 spiro atoms. The Labute approximate surface area is 77.7 Å². The fraction of sp³-hybridized carbons (Fsp3) is 1.00. The van der Waals surface area contributed by atoms with Gasteiger partial charge in [-0.2, -0.15) is 0 Å². The predicted octanol–water partition coefficient (Wildman–Crippen LogP) is 0.267. The number of rotatable bonds is 4. The largest absolute Gasteiger partial charge is 0.390 e. The summed E-state index contributed by atoms with van der Waals surface area (Å²) in [6.45, 7) is 0.564. The first-order valence-corrected chi connectivity index (χ1v) is 6.51. The van der Waals surface area contributed by atoms with Crippen LogP contribution in [0.3, 0.4) is 0 Å². The smallest absolute Gasteiger partial charge is 0.0801 e. The number of aliphatic hydroxyl groups is 1. The third-order valence-electron chi connectivity index (χ3n) is 2.69. The minimum Gasteiger partial charge on any atom is -0.390 e. The Hall–Kier alpha value is 0.137. The van der Waals surface area contributed by atoms with Gasteiger partial charge in [-0.05, 0) is 18.8 Å². The zero-order valence-electron chi connectivity index (χ0n) is 7.96. The van der Waals surface area contributed by atoms with Gasteiger partial charge in [0, 0.05) is 16.5 Å². The van der Waals surface area contributed by atoms with Crippen LogP contribution in [0.25, 0.3) is 0 Å². The topological polar surface area (TPSA) is 29.5 Å². The van der Waals surface area contributed by atoms with Crippen LogP contribution < -0.4 is 0 Å². The Morgan fingerprint density at radius 2 is 2.00 bits per heavy atom. The van der Waals surface area contributed by atoms with Crippen molar-refractivity contribution in [2.75, 3.05) is 12.8 Å². The molecule has 12 heavy (non-hydrogen) atoms. The average Bonchev–Trinajstić information content (AvgIpc) is 2.15. The van der Waals surface area contributed by atoms with Gasteiger partial charge in [0.25, 0.3) is 0 Å². The van der Waals surface area contributed by atoms with E-state index in [4.69, 9.17) is 4.74 Å². The second kappa shape index (κ2) is 5.73. The first kappa shape index (κ1) is 10.2. The Morgan fingerprint density at radius 3 is 2.58 bits per heavy atom. The van der Waals surface area contributed by atoms with Crippen molar-refractivity contribution in [3.05, 3.63) is 0 Å². The molecular weight excluding hydrogens is 168 g/mol. The van der Waals surface area contributed by atoms with Gasteiger partial charge in [0.2, 0.25) is 0 Å². The molecule has 1 aliphatic carbocycles. The van der Waals surface area contributed by atoms with E-state index in [2.05, 4.69) is 0 Å². The van der Waals surface area contributed by atoms with E-state index in [9.17, 15) is 5.11 Å². The van der Waals surface area contributed by atoms with Crippen molar-refractivity contribution < 1.29 is 9.84 Å². The predicted molar refractivity (Wildman–Crippen MR) is 53.3 cm³/mol. The van der Waals surface area contributed by atoms with Crippen LogP contribution >= 0.6 is 0 Å². The van der Waals surface area contributed by atoms with E-state index in [1.54, 1.807) is 0 Å². The van der Waals surface area contributed by atoms with E-state index < -0.39 is 0 Å². The van der Waals surface area contributed by atoms with Crippen LogP contribution in [-0.4, -0.2) is 34.3 Å². The second-order valence-electron chi connectivity index (χ2n) is 3.62. The highest BCUT2D eigenvalue weighted by molar-refractivity contribution is 6.08. The molecule has 1 rings (SSSR count). The number of hydrogen-bond acceptors (Lipinski definition) is 2. The summed E-state index contributed by atoms with van der Waals surface area (Å²) in [5, 5.41) is 9.70. The summed E-state index contributed by atoms with van der Waals surface area (Å²) < 4.78 is 5.26. The summed E-state index contributed by atoms with van der Waals surface area (Å²) in [5.41, 5.74) is 0. The van der Waals surface area contributed by atoms with E-state index in [1.807, 2.05) is 0 Å². The molecule has 1 fully saturated rings. The van der Waals surface area contributed by atoms with E-state index in [1.165, 1.54) is 32.1 Å². The lowest BCUT2D eigenvalue weighted by molar-refractivity contribution is 0.00803. The molecular formula is C9H20O2Si. The molecule has 0 bridgehead atoms. The Balaban J connectivity index is 2.15. The normalized spacial score (nSPS) is 22.8. The summed E-state index contributed by atoms with van der Waals surface area (Å²) in [7, 11) is 1.07. The molecule has 0 heterocycles. The van der Waals surface area contributed by atoms with Gasteiger partial charge in [-0.1, -0.05) is 19.3 Å². The lowest BCUT2D eigenvalue weighted by Crippen LogP contribution is -2.27. The van der Waals surface area contributed by atoms with Gasteiger partial charge in [-0.25, -0.2) is 0 Å². The van der Waals surface area contributed by atoms with Gasteiger partial charge in [0.1, 0.15) is 0 Å². The van der Waals surface area contributed by atoms with Crippen LogP contribution in [0.5, 0.6) is 0 Å². The zero-order valence-corrected chi connectivity index (χ0v) is 9.96. The first-order valence-electron chi connectivity index (χ1n) is 5.10. The van der Waals surface area contributed by atoms with Gasteiger partial charge in [0.15, 0.2) is 0 Å². The van der Waals surface area contributed by atoms with E-state index in [-0.39, 0.29) is 6.10 Å². The Morgan fingerprint density at radius 1 is 1.33 bits per heavy atom. The molecule has 1 aliphatic rings. The molecule has 1 unspecified atom stereocenters. The SMILES string of the molecule is OC(COC[SiH3])C1CCCCC1. The van der Waals surface area contributed by atoms with Crippen LogP contribution in [0.4, 0.5) is 0 Å². The third kappa shape index (κ3) is 3.25. The molecule has 1 atom stereocenters. The Kier molecular flexibility index (Phi) is 4.88. The number of hydrogen-bond donors (Lipinski definition) is 1. The van der Waals surface area contributed by atoms with Crippen molar-refractivity contribution in [3.8, 4) is 0 Å². The van der Waals surface area contributed by atoms with Gasteiger partial charge in [0.05, 0.1) is 12.7 Å². The molecule has 0 aromatic rings. The van der Waals surface area contributed by atoms with E-state index in [0.29, 0.717) is 12.5 Å². The maximum Gasteiger partial charge on any atom is 0.0801 e. The lowest BCUT2D eigenvalue weighted by atomic mass is 9.85. The maximum atomic E-state index is 9.70. The summed E-state index contributed by atoms with van der Waals surface area (Å²) >= 11 is 0. The minimum atomic E-state index is -0.195. The van der Waals surface area contributed by atoms with Crippen LogP contribution in [0.15, 0.2) is 0 Å². The first-order chi connectivity index (χ1) is 5.84. The molecule has 0 aromatic heterocycles. The number of ether oxygens (including phenoxy) is 1. The van der Waals surface area contributed by atoms with Crippen molar-refractivity contribution in [2.24, 2.45) is 5.92 Å². The van der Waals surface area contributed by atoms with Crippen molar-refractivity contribution in [3.63, 3.8) is 0 Å². The molecule has 2 nitrogen and oxygen atoms in total. The fourth-order valence-electron chi connectivity index (χ4n) is 1.89. The van der Waals surface area contributed by atoms with Crippen LogP contribution in [-0.2, 0) is 4.74 Å². The summed E-state index contributed by atoms with van der Waals surface area (Å²) in [4.78, 5) is 0. The summed E-state index contributed by atoms with van der Waals surface area (Å²) in [6.07, 6.45) is 7.00. The minimum absolute atomic E-state index is 0.195. The van der Waals surface area contributed by atoms with Crippen LogP contribution in [0.1, 0.15) is 32.1 Å². The molecule has 0 saturated heterocycles. The lowest BCUT2D eigenvalue weighted by Gasteiger charge is -2.26. The highest BCUT2D eigenvalue weighted by Gasteiger charge is 2.21. The van der Waals surface area contributed by atoms with E-state index >= 15 is 0 Å². The highest BCUT2D eigenvalue weighted by Crippen LogP contribution is 2.26. The van der Waals surface area contributed by atoms with Crippen LogP contribution in [0, 0.1) is 5.92 Å². The maximum absolute atomic E-state index is 9.70. The highest BCUT2D eigenvalue weighted by atomic mass is 28.1. The van der Waals surface area contributed by atoms with Gasteiger partial charge >= 0.3 is 0 Å². The number of aliphatic hydroxyl groups excluding tert-OH is 1. The monoisotopic (exact) mass is 188 g/mol. The molecule has 1 saturated carbocycles. The molecule has 1 N–H and O–H groups in total. The second-order valence-corrected chi connectivity index (χ2v) is 4.20. The average molecular weight is 188 g/mol. The van der Waals surface area contributed by atoms with Crippen molar-refractivity contribution in [2.45, 2.75) is 38.2 Å².